The zero-order valence-electron chi connectivity index (χ0n) is 11.2. The van der Waals surface area contributed by atoms with Crippen LogP contribution in [0.3, 0.4) is 0 Å². The van der Waals surface area contributed by atoms with Gasteiger partial charge in [-0.3, -0.25) is 15.0 Å². The van der Waals surface area contributed by atoms with E-state index in [1.54, 1.807) is 0 Å². The average molecular weight is 264 g/mol. The van der Waals surface area contributed by atoms with Crippen LogP contribution in [0.4, 0.5) is 10.5 Å². The van der Waals surface area contributed by atoms with Gasteiger partial charge in [0.15, 0.2) is 0 Å². The largest absolute Gasteiger partial charge is 0.398 e. The number of urea groups is 1. The van der Waals surface area contributed by atoms with E-state index in [1.807, 2.05) is 43.0 Å². The van der Waals surface area contributed by atoms with Crippen molar-refractivity contribution in [3.8, 4) is 0 Å². The molecule has 104 valence electrons. The number of imide groups is 1. The Bertz CT molecular complexity index is 460. The third kappa shape index (κ3) is 4.97. The summed E-state index contributed by atoms with van der Waals surface area (Å²) < 4.78 is 0. The smallest absolute Gasteiger partial charge is 0.318 e. The number of benzene rings is 1. The Morgan fingerprint density at radius 2 is 1.95 bits per heavy atom. The van der Waals surface area contributed by atoms with Crippen LogP contribution in [0.25, 0.3) is 0 Å². The first-order chi connectivity index (χ1) is 8.90. The van der Waals surface area contributed by atoms with Crippen LogP contribution in [-0.2, 0) is 11.3 Å². The van der Waals surface area contributed by atoms with E-state index in [0.717, 1.165) is 5.56 Å². The Morgan fingerprint density at radius 1 is 1.32 bits per heavy atom. The molecule has 1 aromatic carbocycles. The lowest BCUT2D eigenvalue weighted by Gasteiger charge is -2.26. The van der Waals surface area contributed by atoms with Gasteiger partial charge in [0.05, 0.1) is 6.54 Å². The Morgan fingerprint density at radius 3 is 2.47 bits per heavy atom. The molecule has 6 heteroatoms. The van der Waals surface area contributed by atoms with Gasteiger partial charge in [-0.1, -0.05) is 18.2 Å². The first kappa shape index (κ1) is 15.0. The van der Waals surface area contributed by atoms with Crippen LogP contribution >= 0.6 is 0 Å². The first-order valence-electron chi connectivity index (χ1n) is 6.07. The maximum atomic E-state index is 11.6. The zero-order valence-corrected chi connectivity index (χ0v) is 11.2. The van der Waals surface area contributed by atoms with Crippen molar-refractivity contribution < 1.29 is 9.59 Å². The minimum atomic E-state index is -0.840. The summed E-state index contributed by atoms with van der Waals surface area (Å²) in [6.07, 6.45) is 0. The molecule has 0 aromatic heterocycles. The number of nitrogen functional groups attached to an aromatic ring is 1. The van der Waals surface area contributed by atoms with Crippen molar-refractivity contribution in [2.45, 2.75) is 26.4 Å². The molecule has 0 radical (unpaired) electrons. The number of rotatable bonds is 5. The second-order valence-electron chi connectivity index (χ2n) is 4.61. The molecule has 5 N–H and O–H groups in total. The molecule has 0 fully saturated rings. The topological polar surface area (TPSA) is 101 Å². The number of carbonyl (C=O) groups is 2. The maximum Gasteiger partial charge on any atom is 0.318 e. The SMILES string of the molecule is CC(C)N(CC(=O)NC(N)=O)Cc1ccccc1N. The molecule has 1 aromatic rings. The zero-order chi connectivity index (χ0) is 14.4. The molecule has 0 unspecified atom stereocenters. The second-order valence-corrected chi connectivity index (χ2v) is 4.61. The van der Waals surface area contributed by atoms with Gasteiger partial charge in [-0.15, -0.1) is 0 Å². The van der Waals surface area contributed by atoms with Crippen LogP contribution < -0.4 is 16.8 Å². The van der Waals surface area contributed by atoms with E-state index >= 15 is 0 Å². The lowest BCUT2D eigenvalue weighted by Crippen LogP contribution is -2.44. The van der Waals surface area contributed by atoms with E-state index in [0.29, 0.717) is 12.2 Å². The molecule has 0 heterocycles. The van der Waals surface area contributed by atoms with Crippen LogP contribution in [0.15, 0.2) is 24.3 Å². The summed E-state index contributed by atoms with van der Waals surface area (Å²) in [7, 11) is 0. The van der Waals surface area contributed by atoms with Crippen LogP contribution in [0.2, 0.25) is 0 Å². The molecule has 0 aliphatic rings. The van der Waals surface area contributed by atoms with Gasteiger partial charge in [0.1, 0.15) is 0 Å². The normalized spacial score (nSPS) is 10.7. The minimum absolute atomic E-state index is 0.0922. The van der Waals surface area contributed by atoms with Gasteiger partial charge in [-0.05, 0) is 25.5 Å². The predicted molar refractivity (Wildman–Crippen MR) is 74.1 cm³/mol. The number of hydrogen-bond acceptors (Lipinski definition) is 4. The number of amides is 3. The van der Waals surface area contributed by atoms with Gasteiger partial charge in [0, 0.05) is 18.3 Å². The highest BCUT2D eigenvalue weighted by molar-refractivity contribution is 5.94. The first-order valence-corrected chi connectivity index (χ1v) is 6.07. The molecule has 3 amide bonds. The van der Waals surface area contributed by atoms with Gasteiger partial charge in [0.2, 0.25) is 5.91 Å². The minimum Gasteiger partial charge on any atom is -0.398 e. The fraction of sp³-hybridized carbons (Fsp3) is 0.385. The van der Waals surface area contributed by atoms with Crippen LogP contribution in [0.1, 0.15) is 19.4 Å². The van der Waals surface area contributed by atoms with Crippen LogP contribution in [0, 0.1) is 0 Å². The molecule has 6 nitrogen and oxygen atoms in total. The van der Waals surface area contributed by atoms with E-state index in [2.05, 4.69) is 5.32 Å². The van der Waals surface area contributed by atoms with E-state index in [9.17, 15) is 9.59 Å². The third-order valence-corrected chi connectivity index (χ3v) is 2.77. The molecule has 0 spiro atoms. The molecular weight excluding hydrogens is 244 g/mol. The molecule has 0 atom stereocenters. The summed E-state index contributed by atoms with van der Waals surface area (Å²) in [5.74, 6) is -0.421. The molecule has 0 bridgehead atoms. The second kappa shape index (κ2) is 6.75. The number of nitrogens with one attached hydrogen (secondary N) is 1. The lowest BCUT2D eigenvalue weighted by atomic mass is 10.1. The number of primary amides is 1. The van der Waals surface area contributed by atoms with Crippen molar-refractivity contribution in [2.24, 2.45) is 5.73 Å². The molecule has 1 rings (SSSR count). The van der Waals surface area contributed by atoms with E-state index in [1.165, 1.54) is 0 Å². The van der Waals surface area contributed by atoms with E-state index in [4.69, 9.17) is 11.5 Å². The van der Waals surface area contributed by atoms with Gasteiger partial charge in [0.25, 0.3) is 0 Å². The highest BCUT2D eigenvalue weighted by Crippen LogP contribution is 2.14. The molecular formula is C13H20N4O2. The van der Waals surface area contributed by atoms with Crippen molar-refractivity contribution in [3.63, 3.8) is 0 Å². The summed E-state index contributed by atoms with van der Waals surface area (Å²) >= 11 is 0. The maximum absolute atomic E-state index is 11.6. The fourth-order valence-electron chi connectivity index (χ4n) is 1.68. The van der Waals surface area contributed by atoms with Gasteiger partial charge in [-0.2, -0.15) is 0 Å². The predicted octanol–water partition coefficient (Wildman–Crippen LogP) is 0.674. The average Bonchev–Trinajstić information content (AvgIpc) is 2.29. The molecule has 19 heavy (non-hydrogen) atoms. The van der Waals surface area contributed by atoms with Gasteiger partial charge in [-0.25, -0.2) is 4.79 Å². The standard InChI is InChI=1S/C13H20N4O2/c1-9(2)17(8-12(18)16-13(15)19)7-10-5-3-4-6-11(10)14/h3-6,9H,7-8,14H2,1-2H3,(H3,15,16,18,19). The van der Waals surface area contributed by atoms with E-state index in [-0.39, 0.29) is 12.6 Å². The van der Waals surface area contributed by atoms with Crippen molar-refractivity contribution >= 4 is 17.6 Å². The Kier molecular flexibility index (Phi) is 5.32. The van der Waals surface area contributed by atoms with Gasteiger partial charge < -0.3 is 11.5 Å². The molecule has 0 saturated heterocycles. The summed E-state index contributed by atoms with van der Waals surface area (Å²) in [5.41, 5.74) is 12.4. The number of carbonyl (C=O) groups excluding carboxylic acids is 2. The monoisotopic (exact) mass is 264 g/mol. The molecule has 0 aliphatic carbocycles. The van der Waals surface area contributed by atoms with Crippen LogP contribution in [-0.4, -0.2) is 29.4 Å². The Labute approximate surface area is 112 Å². The fourth-order valence-corrected chi connectivity index (χ4v) is 1.68. The number of nitrogens with zero attached hydrogens (tertiary/aromatic N) is 1. The number of para-hydroxylation sites is 1. The highest BCUT2D eigenvalue weighted by Gasteiger charge is 2.16. The van der Waals surface area contributed by atoms with E-state index < -0.39 is 11.9 Å². The number of anilines is 1. The van der Waals surface area contributed by atoms with Gasteiger partial charge >= 0.3 is 6.03 Å². The van der Waals surface area contributed by atoms with Crippen molar-refractivity contribution in [3.05, 3.63) is 29.8 Å². The van der Waals surface area contributed by atoms with Crippen LogP contribution in [0.5, 0.6) is 0 Å². The third-order valence-electron chi connectivity index (χ3n) is 2.77. The highest BCUT2D eigenvalue weighted by atomic mass is 16.2. The van der Waals surface area contributed by atoms with Crippen molar-refractivity contribution in [1.29, 1.82) is 0 Å². The number of nitrogens with two attached hydrogens (primary N) is 2. The summed E-state index contributed by atoms with van der Waals surface area (Å²) in [6.45, 7) is 4.57. The Balaban J connectivity index is 2.71. The molecule has 0 aliphatic heterocycles. The van der Waals surface area contributed by atoms with Crippen molar-refractivity contribution in [2.75, 3.05) is 12.3 Å². The molecule has 0 saturated carbocycles. The summed E-state index contributed by atoms with van der Waals surface area (Å²) in [4.78, 5) is 24.1. The van der Waals surface area contributed by atoms with Crippen molar-refractivity contribution in [1.82, 2.24) is 10.2 Å². The quantitative estimate of drug-likeness (QED) is 0.680. The lowest BCUT2D eigenvalue weighted by molar-refractivity contribution is -0.121. The summed E-state index contributed by atoms with van der Waals surface area (Å²) in [6, 6.07) is 6.78. The Hall–Kier alpha value is -2.08. The summed E-state index contributed by atoms with van der Waals surface area (Å²) in [5, 5.41) is 2.06. The number of hydrogen-bond donors (Lipinski definition) is 3.